The average molecular weight is 267 g/mol. The highest BCUT2D eigenvalue weighted by molar-refractivity contribution is 7.09. The summed E-state index contributed by atoms with van der Waals surface area (Å²) in [7, 11) is 0. The van der Waals surface area contributed by atoms with E-state index in [2.05, 4.69) is 34.7 Å². The molecule has 90 valence electrons. The van der Waals surface area contributed by atoms with Crippen molar-refractivity contribution in [2.24, 2.45) is 0 Å². The fourth-order valence-electron chi connectivity index (χ4n) is 1.63. The second-order valence-electron chi connectivity index (χ2n) is 4.03. The molecule has 1 N–H and O–H groups in total. The van der Waals surface area contributed by atoms with E-state index in [9.17, 15) is 0 Å². The van der Waals surface area contributed by atoms with Gasteiger partial charge in [-0.05, 0) is 36.4 Å². The molecule has 0 radical (unpaired) electrons. The van der Waals surface area contributed by atoms with E-state index < -0.39 is 0 Å². The normalized spacial score (nSPS) is 12.6. The fraction of sp³-hybridized carbons (Fsp3) is 0.308. The van der Waals surface area contributed by atoms with Crippen LogP contribution >= 0.6 is 22.9 Å². The van der Waals surface area contributed by atoms with E-state index >= 15 is 0 Å². The highest BCUT2D eigenvalue weighted by Gasteiger charge is 2.05. The molecular formula is C13H15ClN2S. The van der Waals surface area contributed by atoms with Crippen molar-refractivity contribution in [2.75, 3.05) is 0 Å². The summed E-state index contributed by atoms with van der Waals surface area (Å²) in [5.74, 6) is 0. The Kier molecular flexibility index (Phi) is 4.54. The van der Waals surface area contributed by atoms with Crippen LogP contribution in [-0.4, -0.2) is 11.0 Å². The molecule has 0 aliphatic carbocycles. The maximum absolute atomic E-state index is 6.05. The molecule has 17 heavy (non-hydrogen) atoms. The molecule has 2 aromatic heterocycles. The topological polar surface area (TPSA) is 24.9 Å². The lowest BCUT2D eigenvalue weighted by atomic mass is 10.2. The smallest absolute Gasteiger partial charge is 0.0634 e. The molecule has 0 aromatic carbocycles. The van der Waals surface area contributed by atoms with E-state index in [-0.39, 0.29) is 0 Å². The molecule has 4 heteroatoms. The zero-order chi connectivity index (χ0) is 12.1. The van der Waals surface area contributed by atoms with Crippen molar-refractivity contribution >= 4 is 22.9 Å². The largest absolute Gasteiger partial charge is 0.310 e. The standard InChI is InChI=1S/C13H15ClN2S/c1-10(7-12-3-2-6-17-12)16-8-11-4-5-15-9-13(11)14/h2-6,9-10,16H,7-8H2,1H3. The number of thiophene rings is 1. The van der Waals surface area contributed by atoms with Gasteiger partial charge in [0.1, 0.15) is 0 Å². The molecule has 2 heterocycles. The molecule has 0 amide bonds. The first-order valence-electron chi connectivity index (χ1n) is 5.60. The van der Waals surface area contributed by atoms with Gasteiger partial charge in [0.2, 0.25) is 0 Å². The maximum Gasteiger partial charge on any atom is 0.0634 e. The fourth-order valence-corrected chi connectivity index (χ4v) is 2.66. The molecule has 2 rings (SSSR count). The van der Waals surface area contributed by atoms with Crippen LogP contribution in [0.2, 0.25) is 5.02 Å². The summed E-state index contributed by atoms with van der Waals surface area (Å²) in [6.45, 7) is 2.97. The molecular weight excluding hydrogens is 252 g/mol. The molecule has 0 aliphatic heterocycles. The lowest BCUT2D eigenvalue weighted by Gasteiger charge is -2.13. The summed E-state index contributed by atoms with van der Waals surface area (Å²) in [4.78, 5) is 5.38. The van der Waals surface area contributed by atoms with Crippen LogP contribution in [0.5, 0.6) is 0 Å². The third-order valence-electron chi connectivity index (χ3n) is 2.58. The van der Waals surface area contributed by atoms with Gasteiger partial charge in [0.15, 0.2) is 0 Å². The minimum absolute atomic E-state index is 0.442. The summed E-state index contributed by atoms with van der Waals surface area (Å²) in [6.07, 6.45) is 4.51. The Morgan fingerprint density at radius 3 is 3.06 bits per heavy atom. The van der Waals surface area contributed by atoms with Crippen LogP contribution in [0.4, 0.5) is 0 Å². The van der Waals surface area contributed by atoms with E-state index in [1.807, 2.05) is 6.07 Å². The zero-order valence-electron chi connectivity index (χ0n) is 9.69. The van der Waals surface area contributed by atoms with Crippen molar-refractivity contribution < 1.29 is 0 Å². The number of halogens is 1. The van der Waals surface area contributed by atoms with Gasteiger partial charge in [0.25, 0.3) is 0 Å². The molecule has 0 bridgehead atoms. The number of rotatable bonds is 5. The molecule has 0 spiro atoms. The van der Waals surface area contributed by atoms with Gasteiger partial charge in [-0.15, -0.1) is 11.3 Å². The van der Waals surface area contributed by atoms with Gasteiger partial charge in [-0.1, -0.05) is 17.7 Å². The van der Waals surface area contributed by atoms with Gasteiger partial charge in [0, 0.05) is 29.9 Å². The van der Waals surface area contributed by atoms with E-state index in [1.54, 1.807) is 23.7 Å². The van der Waals surface area contributed by atoms with Crippen LogP contribution in [0.25, 0.3) is 0 Å². The van der Waals surface area contributed by atoms with Crippen LogP contribution in [0, 0.1) is 0 Å². The van der Waals surface area contributed by atoms with E-state index in [0.717, 1.165) is 23.6 Å². The third-order valence-corrected chi connectivity index (χ3v) is 3.82. The summed E-state index contributed by atoms with van der Waals surface area (Å²) in [6, 6.07) is 6.65. The van der Waals surface area contributed by atoms with Crippen molar-refractivity contribution in [3.05, 3.63) is 51.4 Å². The van der Waals surface area contributed by atoms with Crippen molar-refractivity contribution in [3.63, 3.8) is 0 Å². The average Bonchev–Trinajstić information content (AvgIpc) is 2.81. The lowest BCUT2D eigenvalue weighted by molar-refractivity contribution is 0.548. The number of hydrogen-bond donors (Lipinski definition) is 1. The first-order valence-corrected chi connectivity index (χ1v) is 6.85. The monoisotopic (exact) mass is 266 g/mol. The Morgan fingerprint density at radius 1 is 1.47 bits per heavy atom. The molecule has 1 atom stereocenters. The molecule has 0 saturated carbocycles. The summed E-state index contributed by atoms with van der Waals surface area (Å²) in [5, 5.41) is 6.31. The number of aromatic nitrogens is 1. The third kappa shape index (κ3) is 3.80. The predicted octanol–water partition coefficient (Wildman–Crippen LogP) is 3.52. The lowest BCUT2D eigenvalue weighted by Crippen LogP contribution is -2.27. The first-order chi connectivity index (χ1) is 8.25. The minimum atomic E-state index is 0.442. The van der Waals surface area contributed by atoms with Crippen molar-refractivity contribution in [1.82, 2.24) is 10.3 Å². The van der Waals surface area contributed by atoms with Crippen molar-refractivity contribution in [2.45, 2.75) is 25.9 Å². The van der Waals surface area contributed by atoms with Crippen LogP contribution in [0.15, 0.2) is 36.0 Å². The second kappa shape index (κ2) is 6.15. The van der Waals surface area contributed by atoms with Gasteiger partial charge in [-0.25, -0.2) is 0 Å². The minimum Gasteiger partial charge on any atom is -0.310 e. The number of pyridine rings is 1. The Morgan fingerprint density at radius 2 is 2.35 bits per heavy atom. The zero-order valence-corrected chi connectivity index (χ0v) is 11.3. The van der Waals surface area contributed by atoms with E-state index in [1.165, 1.54) is 4.88 Å². The van der Waals surface area contributed by atoms with Crippen LogP contribution in [0.1, 0.15) is 17.4 Å². The van der Waals surface area contributed by atoms with Gasteiger partial charge in [-0.3, -0.25) is 4.98 Å². The van der Waals surface area contributed by atoms with Crippen molar-refractivity contribution in [1.29, 1.82) is 0 Å². The van der Waals surface area contributed by atoms with Crippen LogP contribution in [0.3, 0.4) is 0 Å². The molecule has 2 aromatic rings. The summed E-state index contributed by atoms with van der Waals surface area (Å²) < 4.78 is 0. The summed E-state index contributed by atoms with van der Waals surface area (Å²) >= 11 is 7.85. The highest BCUT2D eigenvalue weighted by atomic mass is 35.5. The van der Waals surface area contributed by atoms with Crippen LogP contribution < -0.4 is 5.32 Å². The molecule has 0 fully saturated rings. The van der Waals surface area contributed by atoms with Crippen molar-refractivity contribution in [3.8, 4) is 0 Å². The molecule has 2 nitrogen and oxygen atoms in total. The molecule has 0 aliphatic rings. The highest BCUT2D eigenvalue weighted by Crippen LogP contribution is 2.14. The summed E-state index contributed by atoms with van der Waals surface area (Å²) in [5.41, 5.74) is 1.10. The van der Waals surface area contributed by atoms with Gasteiger partial charge in [-0.2, -0.15) is 0 Å². The Balaban J connectivity index is 1.84. The quantitative estimate of drug-likeness (QED) is 0.896. The van der Waals surface area contributed by atoms with E-state index in [0.29, 0.717) is 6.04 Å². The first kappa shape index (κ1) is 12.6. The van der Waals surface area contributed by atoms with Crippen LogP contribution in [-0.2, 0) is 13.0 Å². The Labute approximate surface area is 111 Å². The number of nitrogens with zero attached hydrogens (tertiary/aromatic N) is 1. The maximum atomic E-state index is 6.05. The number of hydrogen-bond acceptors (Lipinski definition) is 3. The predicted molar refractivity (Wildman–Crippen MR) is 73.6 cm³/mol. The second-order valence-corrected chi connectivity index (χ2v) is 5.47. The van der Waals surface area contributed by atoms with E-state index in [4.69, 9.17) is 11.6 Å². The van der Waals surface area contributed by atoms with Gasteiger partial charge in [0.05, 0.1) is 5.02 Å². The molecule has 1 unspecified atom stereocenters. The van der Waals surface area contributed by atoms with Gasteiger partial charge < -0.3 is 5.32 Å². The Bertz CT molecular complexity index is 456. The number of nitrogens with one attached hydrogen (secondary N) is 1. The van der Waals surface area contributed by atoms with Gasteiger partial charge >= 0.3 is 0 Å². The SMILES string of the molecule is CC(Cc1cccs1)NCc1ccncc1Cl. The molecule has 0 saturated heterocycles. The Hall–Kier alpha value is -0.900.